The third kappa shape index (κ3) is 1.21. The van der Waals surface area contributed by atoms with Gasteiger partial charge >= 0.3 is 0 Å². The Morgan fingerprint density at radius 1 is 1.88 bits per heavy atom. The minimum Gasteiger partial charge on any atom is -0.369 e. The molecular formula is C4H5ClN2O. The molecule has 0 spiro atoms. The Morgan fingerprint density at radius 3 is 3.00 bits per heavy atom. The first kappa shape index (κ1) is 5.59. The highest BCUT2D eigenvalue weighted by atomic mass is 35.5. The van der Waals surface area contributed by atoms with E-state index in [9.17, 15) is 0 Å². The second-order valence-electron chi connectivity index (χ2n) is 1.37. The van der Waals surface area contributed by atoms with Crippen molar-refractivity contribution in [2.75, 3.05) is 0 Å². The standard InChI is InChI=1S/C4H5ClN2O/c5-3-1-2-4(8)7-6-3/h1-2,4,7-8H. The second-order valence-corrected chi connectivity index (χ2v) is 1.75. The molecule has 44 valence electrons. The van der Waals surface area contributed by atoms with Gasteiger partial charge in [-0.15, -0.1) is 0 Å². The number of rotatable bonds is 0. The van der Waals surface area contributed by atoms with Crippen molar-refractivity contribution in [3.63, 3.8) is 0 Å². The highest BCUT2D eigenvalue weighted by Gasteiger charge is 2.00. The lowest BCUT2D eigenvalue weighted by Gasteiger charge is -2.07. The fourth-order valence-electron chi connectivity index (χ4n) is 0.379. The van der Waals surface area contributed by atoms with Crippen LogP contribution in [0.1, 0.15) is 0 Å². The zero-order valence-electron chi connectivity index (χ0n) is 4.00. The van der Waals surface area contributed by atoms with Crippen LogP contribution in [0.2, 0.25) is 0 Å². The number of aliphatic hydroxyl groups excluding tert-OH is 1. The van der Waals surface area contributed by atoms with Crippen LogP contribution >= 0.6 is 11.6 Å². The molecule has 2 N–H and O–H groups in total. The summed E-state index contributed by atoms with van der Waals surface area (Å²) >= 11 is 5.37. The molecule has 1 aliphatic rings. The smallest absolute Gasteiger partial charge is 0.159 e. The van der Waals surface area contributed by atoms with Crippen LogP contribution in [0.25, 0.3) is 0 Å². The zero-order chi connectivity index (χ0) is 5.98. The van der Waals surface area contributed by atoms with Crippen LogP contribution in [0.3, 0.4) is 0 Å². The van der Waals surface area contributed by atoms with Crippen LogP contribution in [-0.4, -0.2) is 16.5 Å². The molecule has 0 saturated carbocycles. The quantitative estimate of drug-likeness (QED) is 0.488. The lowest BCUT2D eigenvalue weighted by atomic mass is 10.4. The van der Waals surface area contributed by atoms with Gasteiger partial charge in [0, 0.05) is 0 Å². The largest absolute Gasteiger partial charge is 0.369 e. The minimum atomic E-state index is -0.683. The van der Waals surface area contributed by atoms with Crippen LogP contribution < -0.4 is 5.43 Å². The van der Waals surface area contributed by atoms with Crippen LogP contribution in [0.5, 0.6) is 0 Å². The minimum absolute atomic E-state index is 0.357. The number of nitrogens with one attached hydrogen (secondary N) is 1. The third-order valence-corrected chi connectivity index (χ3v) is 0.930. The maximum atomic E-state index is 8.66. The van der Waals surface area contributed by atoms with Crippen molar-refractivity contribution >= 4 is 16.8 Å². The highest BCUT2D eigenvalue weighted by Crippen LogP contribution is 1.94. The first-order valence-corrected chi connectivity index (χ1v) is 2.52. The van der Waals surface area contributed by atoms with Crippen molar-refractivity contribution in [3.8, 4) is 0 Å². The highest BCUT2D eigenvalue weighted by molar-refractivity contribution is 6.68. The Balaban J connectivity index is 2.58. The molecule has 3 nitrogen and oxygen atoms in total. The Kier molecular flexibility index (Phi) is 1.50. The number of hydrazone groups is 1. The third-order valence-electron chi connectivity index (χ3n) is 0.720. The monoisotopic (exact) mass is 132 g/mol. The van der Waals surface area contributed by atoms with E-state index in [1.807, 2.05) is 0 Å². The van der Waals surface area contributed by atoms with Gasteiger partial charge in [-0.25, -0.2) is 0 Å². The summed E-state index contributed by atoms with van der Waals surface area (Å²) in [6, 6.07) is 0. The van der Waals surface area contributed by atoms with Gasteiger partial charge in [0.1, 0.15) is 5.17 Å². The van der Waals surface area contributed by atoms with Gasteiger partial charge in [0.15, 0.2) is 6.23 Å². The van der Waals surface area contributed by atoms with Crippen LogP contribution in [-0.2, 0) is 0 Å². The predicted molar refractivity (Wildman–Crippen MR) is 31.6 cm³/mol. The van der Waals surface area contributed by atoms with Crippen molar-refractivity contribution in [2.24, 2.45) is 5.10 Å². The first-order valence-electron chi connectivity index (χ1n) is 2.14. The molecule has 0 bridgehead atoms. The number of nitrogens with zero attached hydrogens (tertiary/aromatic N) is 1. The maximum Gasteiger partial charge on any atom is 0.159 e. The molecule has 0 aliphatic carbocycles. The molecule has 8 heavy (non-hydrogen) atoms. The summed E-state index contributed by atoms with van der Waals surface area (Å²) in [6.45, 7) is 0. The summed E-state index contributed by atoms with van der Waals surface area (Å²) < 4.78 is 0. The number of halogens is 1. The van der Waals surface area contributed by atoms with Gasteiger partial charge in [0.2, 0.25) is 0 Å². The normalized spacial score (nSPS) is 26.8. The molecule has 0 amide bonds. The number of hydrogen-bond donors (Lipinski definition) is 2. The van der Waals surface area contributed by atoms with Gasteiger partial charge in [0.25, 0.3) is 0 Å². The Labute approximate surface area is 51.7 Å². The van der Waals surface area contributed by atoms with E-state index in [0.717, 1.165) is 0 Å². The molecule has 0 radical (unpaired) electrons. The predicted octanol–water partition coefficient (Wildman–Crippen LogP) is 0.0165. The van der Waals surface area contributed by atoms with Crippen molar-refractivity contribution in [1.82, 2.24) is 5.43 Å². The lowest BCUT2D eigenvalue weighted by Crippen LogP contribution is -2.24. The van der Waals surface area contributed by atoms with Gasteiger partial charge in [-0.05, 0) is 12.2 Å². The summed E-state index contributed by atoms with van der Waals surface area (Å²) in [7, 11) is 0. The molecule has 0 aromatic heterocycles. The Morgan fingerprint density at radius 2 is 2.62 bits per heavy atom. The summed E-state index contributed by atoms with van der Waals surface area (Å²) in [4.78, 5) is 0. The molecule has 0 aromatic rings. The SMILES string of the molecule is OC1C=CC(Cl)=NN1. The first-order chi connectivity index (χ1) is 3.79. The van der Waals surface area contributed by atoms with Crippen molar-refractivity contribution in [3.05, 3.63) is 12.2 Å². The zero-order valence-corrected chi connectivity index (χ0v) is 4.76. The molecule has 4 heteroatoms. The van der Waals surface area contributed by atoms with Gasteiger partial charge in [-0.3, -0.25) is 5.43 Å². The Hall–Kier alpha value is -0.540. The Bertz CT molecular complexity index is 143. The van der Waals surface area contributed by atoms with Crippen LogP contribution in [0.15, 0.2) is 17.3 Å². The van der Waals surface area contributed by atoms with Crippen molar-refractivity contribution in [2.45, 2.75) is 6.23 Å². The molecule has 1 aliphatic heterocycles. The molecule has 0 fully saturated rings. The second kappa shape index (κ2) is 2.15. The molecule has 0 aromatic carbocycles. The van der Waals surface area contributed by atoms with Gasteiger partial charge < -0.3 is 5.11 Å². The fraction of sp³-hybridized carbons (Fsp3) is 0.250. The average molecular weight is 133 g/mol. The van der Waals surface area contributed by atoms with Gasteiger partial charge in [0.05, 0.1) is 0 Å². The van der Waals surface area contributed by atoms with E-state index in [-0.39, 0.29) is 0 Å². The van der Waals surface area contributed by atoms with E-state index in [2.05, 4.69) is 10.5 Å². The van der Waals surface area contributed by atoms with Gasteiger partial charge in [-0.2, -0.15) is 5.10 Å². The van der Waals surface area contributed by atoms with E-state index in [0.29, 0.717) is 5.17 Å². The maximum absolute atomic E-state index is 8.66. The van der Waals surface area contributed by atoms with Crippen LogP contribution in [0, 0.1) is 0 Å². The summed E-state index contributed by atoms with van der Waals surface area (Å²) in [5.74, 6) is 0. The van der Waals surface area contributed by atoms with E-state index in [4.69, 9.17) is 16.7 Å². The van der Waals surface area contributed by atoms with E-state index >= 15 is 0 Å². The van der Waals surface area contributed by atoms with E-state index in [1.165, 1.54) is 12.2 Å². The average Bonchev–Trinajstić information content (AvgIpc) is 1.77. The van der Waals surface area contributed by atoms with Gasteiger partial charge in [-0.1, -0.05) is 11.6 Å². The number of allylic oxidation sites excluding steroid dienone is 1. The topological polar surface area (TPSA) is 44.6 Å². The summed E-state index contributed by atoms with van der Waals surface area (Å²) in [5.41, 5.74) is 2.36. The molecule has 1 unspecified atom stereocenters. The number of hydrogen-bond acceptors (Lipinski definition) is 3. The molecule has 0 saturated heterocycles. The molecule has 1 atom stereocenters. The summed E-state index contributed by atoms with van der Waals surface area (Å²) in [6.07, 6.45) is 2.36. The van der Waals surface area contributed by atoms with Crippen LogP contribution in [0.4, 0.5) is 0 Å². The van der Waals surface area contributed by atoms with Crippen molar-refractivity contribution < 1.29 is 5.11 Å². The number of aliphatic hydroxyl groups is 1. The van der Waals surface area contributed by atoms with E-state index in [1.54, 1.807) is 0 Å². The molecular weight excluding hydrogens is 128 g/mol. The fourth-order valence-corrected chi connectivity index (χ4v) is 0.500. The summed E-state index contributed by atoms with van der Waals surface area (Å²) in [5, 5.41) is 12.5. The molecule has 1 rings (SSSR count). The lowest BCUT2D eigenvalue weighted by molar-refractivity contribution is 0.186. The van der Waals surface area contributed by atoms with Crippen molar-refractivity contribution in [1.29, 1.82) is 0 Å². The van der Waals surface area contributed by atoms with E-state index < -0.39 is 6.23 Å². The molecule has 1 heterocycles.